The van der Waals surface area contributed by atoms with Crippen molar-refractivity contribution < 1.29 is 4.74 Å². The molecule has 0 radical (unpaired) electrons. The summed E-state index contributed by atoms with van der Waals surface area (Å²) in [7, 11) is 2.06. The molecule has 1 saturated heterocycles. The van der Waals surface area contributed by atoms with E-state index in [2.05, 4.69) is 27.2 Å². The molecule has 2 heterocycles. The van der Waals surface area contributed by atoms with Gasteiger partial charge < -0.3 is 15.0 Å². The molecule has 1 aliphatic rings. The van der Waals surface area contributed by atoms with Crippen LogP contribution >= 0.6 is 0 Å². The van der Waals surface area contributed by atoms with Crippen LogP contribution in [0.4, 0.5) is 5.95 Å². The van der Waals surface area contributed by atoms with Crippen LogP contribution in [0.2, 0.25) is 0 Å². The van der Waals surface area contributed by atoms with Crippen molar-refractivity contribution in [2.24, 2.45) is 0 Å². The summed E-state index contributed by atoms with van der Waals surface area (Å²) < 4.78 is 5.68. The van der Waals surface area contributed by atoms with E-state index in [9.17, 15) is 0 Å². The van der Waals surface area contributed by atoms with E-state index in [4.69, 9.17) is 4.74 Å². The van der Waals surface area contributed by atoms with Crippen molar-refractivity contribution in [1.29, 1.82) is 0 Å². The van der Waals surface area contributed by atoms with Crippen molar-refractivity contribution in [2.75, 3.05) is 25.0 Å². The highest BCUT2D eigenvalue weighted by Crippen LogP contribution is 2.19. The van der Waals surface area contributed by atoms with Gasteiger partial charge in [-0.1, -0.05) is 0 Å². The van der Waals surface area contributed by atoms with Crippen molar-refractivity contribution in [2.45, 2.75) is 45.8 Å². The number of hydrogen-bond donors (Lipinski definition) is 1. The van der Waals surface area contributed by atoms with Crippen LogP contribution in [0.15, 0.2) is 6.07 Å². The van der Waals surface area contributed by atoms with Crippen LogP contribution in [0.1, 0.15) is 32.4 Å². The predicted molar refractivity (Wildman–Crippen MR) is 76.8 cm³/mol. The fraction of sp³-hybridized carbons (Fsp3) is 0.714. The normalized spacial score (nSPS) is 19.5. The number of piperidine rings is 1. The molecule has 1 N–H and O–H groups in total. The summed E-state index contributed by atoms with van der Waals surface area (Å²) in [6.45, 7) is 8.10. The van der Waals surface area contributed by atoms with Crippen LogP contribution in [0, 0.1) is 6.92 Å². The number of aromatic nitrogens is 2. The zero-order valence-electron chi connectivity index (χ0n) is 12.3. The molecule has 5 heteroatoms. The number of nitrogens with zero attached hydrogens (tertiary/aromatic N) is 3. The number of ether oxygens (including phenoxy) is 1. The van der Waals surface area contributed by atoms with Crippen molar-refractivity contribution >= 4 is 5.95 Å². The van der Waals surface area contributed by atoms with Crippen LogP contribution < -0.4 is 15.0 Å². The van der Waals surface area contributed by atoms with Crippen molar-refractivity contribution in [3.63, 3.8) is 0 Å². The number of aryl methyl sites for hydroxylation is 1. The van der Waals surface area contributed by atoms with Gasteiger partial charge in [0.25, 0.3) is 0 Å². The molecule has 0 aliphatic carbocycles. The molecule has 1 aromatic heterocycles. The van der Waals surface area contributed by atoms with Crippen LogP contribution in [-0.2, 0) is 0 Å². The van der Waals surface area contributed by atoms with E-state index >= 15 is 0 Å². The van der Waals surface area contributed by atoms with Crippen molar-refractivity contribution in [3.8, 4) is 5.88 Å². The van der Waals surface area contributed by atoms with E-state index in [1.807, 2.05) is 26.8 Å². The van der Waals surface area contributed by atoms with E-state index < -0.39 is 0 Å². The van der Waals surface area contributed by atoms with Gasteiger partial charge >= 0.3 is 0 Å². The lowest BCUT2D eigenvalue weighted by Gasteiger charge is -2.32. The zero-order chi connectivity index (χ0) is 13.8. The molecule has 1 aliphatic heterocycles. The Morgan fingerprint density at radius 2 is 2.21 bits per heavy atom. The summed E-state index contributed by atoms with van der Waals surface area (Å²) in [5.41, 5.74) is 0.941. The Bertz CT molecular complexity index is 416. The minimum absolute atomic E-state index is 0.129. The van der Waals surface area contributed by atoms with Crippen molar-refractivity contribution in [3.05, 3.63) is 11.8 Å². The van der Waals surface area contributed by atoms with Gasteiger partial charge in [-0.25, -0.2) is 4.98 Å². The maximum Gasteiger partial charge on any atom is 0.228 e. The average Bonchev–Trinajstić information content (AvgIpc) is 2.37. The van der Waals surface area contributed by atoms with Gasteiger partial charge in [0.05, 0.1) is 6.10 Å². The average molecular weight is 264 g/mol. The SMILES string of the molecule is Cc1cc(OC(C)C)nc(N(C)C2CCCNC2)n1. The minimum atomic E-state index is 0.129. The van der Waals surface area contributed by atoms with Crippen LogP contribution in [0.3, 0.4) is 0 Å². The highest BCUT2D eigenvalue weighted by molar-refractivity contribution is 5.35. The number of likely N-dealkylation sites (N-methyl/N-ethyl adjacent to an activating group) is 1. The van der Waals surface area contributed by atoms with E-state index in [0.717, 1.165) is 24.7 Å². The molecular formula is C14H24N4O. The molecule has 19 heavy (non-hydrogen) atoms. The summed E-state index contributed by atoms with van der Waals surface area (Å²) in [6, 6.07) is 2.35. The van der Waals surface area contributed by atoms with Gasteiger partial charge in [-0.3, -0.25) is 0 Å². The highest BCUT2D eigenvalue weighted by atomic mass is 16.5. The third-order valence-electron chi connectivity index (χ3n) is 3.31. The first kappa shape index (κ1) is 14.1. The van der Waals surface area contributed by atoms with E-state index in [0.29, 0.717) is 11.9 Å². The Hall–Kier alpha value is -1.36. The van der Waals surface area contributed by atoms with Crippen LogP contribution in [0.25, 0.3) is 0 Å². The molecule has 0 amide bonds. The van der Waals surface area contributed by atoms with Crippen molar-refractivity contribution in [1.82, 2.24) is 15.3 Å². The molecule has 0 aromatic carbocycles. The topological polar surface area (TPSA) is 50.3 Å². The standard InChI is InChI=1S/C14H24N4O/c1-10(2)19-13-8-11(3)16-14(17-13)18(4)12-6-5-7-15-9-12/h8,10,12,15H,5-7,9H2,1-4H3. The number of anilines is 1. The first-order valence-electron chi connectivity index (χ1n) is 7.02. The van der Waals surface area contributed by atoms with E-state index in [1.165, 1.54) is 12.8 Å². The molecule has 106 valence electrons. The molecule has 0 saturated carbocycles. The van der Waals surface area contributed by atoms with Gasteiger partial charge in [0.1, 0.15) is 0 Å². The Morgan fingerprint density at radius 3 is 2.84 bits per heavy atom. The Morgan fingerprint density at radius 1 is 1.42 bits per heavy atom. The Labute approximate surface area is 115 Å². The van der Waals surface area contributed by atoms with Gasteiger partial charge in [-0.2, -0.15) is 4.98 Å². The lowest BCUT2D eigenvalue weighted by molar-refractivity contribution is 0.232. The second-order valence-corrected chi connectivity index (χ2v) is 5.43. The predicted octanol–water partition coefficient (Wildman–Crippen LogP) is 1.76. The molecule has 2 rings (SSSR count). The second kappa shape index (κ2) is 6.19. The fourth-order valence-electron chi connectivity index (χ4n) is 2.31. The van der Waals surface area contributed by atoms with Gasteiger partial charge in [0.2, 0.25) is 11.8 Å². The maximum atomic E-state index is 5.68. The fourth-order valence-corrected chi connectivity index (χ4v) is 2.31. The quantitative estimate of drug-likeness (QED) is 0.898. The summed E-state index contributed by atoms with van der Waals surface area (Å²) >= 11 is 0. The first-order chi connectivity index (χ1) is 9.06. The van der Waals surface area contributed by atoms with E-state index in [-0.39, 0.29) is 6.10 Å². The molecule has 1 unspecified atom stereocenters. The second-order valence-electron chi connectivity index (χ2n) is 5.43. The number of rotatable bonds is 4. The Balaban J connectivity index is 2.15. The lowest BCUT2D eigenvalue weighted by Crippen LogP contribution is -2.44. The van der Waals surface area contributed by atoms with Gasteiger partial charge in [-0.15, -0.1) is 0 Å². The largest absolute Gasteiger partial charge is 0.475 e. The monoisotopic (exact) mass is 264 g/mol. The summed E-state index contributed by atoms with van der Waals surface area (Å²) in [4.78, 5) is 11.2. The first-order valence-corrected chi connectivity index (χ1v) is 7.02. The van der Waals surface area contributed by atoms with Gasteiger partial charge in [0.15, 0.2) is 0 Å². The summed E-state index contributed by atoms with van der Waals surface area (Å²) in [6.07, 6.45) is 2.51. The third-order valence-corrected chi connectivity index (χ3v) is 3.31. The molecule has 1 fully saturated rings. The highest BCUT2D eigenvalue weighted by Gasteiger charge is 2.20. The van der Waals surface area contributed by atoms with Crippen LogP contribution in [0.5, 0.6) is 5.88 Å². The molecule has 1 atom stereocenters. The minimum Gasteiger partial charge on any atom is -0.475 e. The number of nitrogens with one attached hydrogen (secondary N) is 1. The van der Waals surface area contributed by atoms with Gasteiger partial charge in [0, 0.05) is 31.4 Å². The Kier molecular flexibility index (Phi) is 4.58. The molecule has 5 nitrogen and oxygen atoms in total. The van der Waals surface area contributed by atoms with Crippen LogP contribution in [-0.4, -0.2) is 42.3 Å². The summed E-state index contributed by atoms with van der Waals surface area (Å²) in [5, 5.41) is 3.42. The molecular weight excluding hydrogens is 240 g/mol. The smallest absolute Gasteiger partial charge is 0.228 e. The third kappa shape index (κ3) is 3.80. The molecule has 0 bridgehead atoms. The maximum absolute atomic E-state index is 5.68. The molecule has 1 aromatic rings. The molecule has 0 spiro atoms. The lowest BCUT2D eigenvalue weighted by atomic mass is 10.1. The zero-order valence-corrected chi connectivity index (χ0v) is 12.3. The van der Waals surface area contributed by atoms with Gasteiger partial charge in [-0.05, 0) is 40.2 Å². The number of hydrogen-bond acceptors (Lipinski definition) is 5. The van der Waals surface area contributed by atoms with E-state index in [1.54, 1.807) is 0 Å². The summed E-state index contributed by atoms with van der Waals surface area (Å²) in [5.74, 6) is 1.41.